The minimum atomic E-state index is 0.0575. The predicted octanol–water partition coefficient (Wildman–Crippen LogP) is 1.87. The standard InChI is InChI=1S/C20H29N5O2/c1-16(26)25(24-9-8-19(15-24)22(2)3)10-11-27-20-7-5-6-17(12-20)18-13-21-23(4)14-18/h5-7,12-14,19H,8-11,15H2,1-4H3. The number of ether oxygens (including phenoxy) is 1. The Morgan fingerprint density at radius 1 is 1.33 bits per heavy atom. The Bertz CT molecular complexity index is 773. The lowest BCUT2D eigenvalue weighted by atomic mass is 10.1. The number of hydrogen-bond acceptors (Lipinski definition) is 5. The molecule has 1 aliphatic heterocycles. The van der Waals surface area contributed by atoms with Gasteiger partial charge in [0.15, 0.2) is 0 Å². The van der Waals surface area contributed by atoms with Crippen LogP contribution in [-0.4, -0.2) is 77.0 Å². The molecule has 7 heteroatoms. The Balaban J connectivity index is 1.57. The molecule has 1 aromatic carbocycles. The Labute approximate surface area is 161 Å². The first kappa shape index (κ1) is 19.4. The van der Waals surface area contributed by atoms with Gasteiger partial charge in [-0.1, -0.05) is 12.1 Å². The van der Waals surface area contributed by atoms with Gasteiger partial charge in [0, 0.05) is 44.9 Å². The normalized spacial score (nSPS) is 17.4. The van der Waals surface area contributed by atoms with Crippen LogP contribution in [0.15, 0.2) is 36.7 Å². The van der Waals surface area contributed by atoms with Crippen LogP contribution < -0.4 is 4.74 Å². The quantitative estimate of drug-likeness (QED) is 0.744. The van der Waals surface area contributed by atoms with Gasteiger partial charge in [0.25, 0.3) is 0 Å². The summed E-state index contributed by atoms with van der Waals surface area (Å²) in [5, 5.41) is 8.17. The maximum absolute atomic E-state index is 12.1. The Morgan fingerprint density at radius 2 is 2.15 bits per heavy atom. The summed E-state index contributed by atoms with van der Waals surface area (Å²) in [4.78, 5) is 14.3. The van der Waals surface area contributed by atoms with E-state index in [1.54, 1.807) is 11.6 Å². The molecule has 1 atom stereocenters. The number of rotatable bonds is 7. The molecule has 0 radical (unpaired) electrons. The summed E-state index contributed by atoms with van der Waals surface area (Å²) in [6.07, 6.45) is 4.89. The number of nitrogens with zero attached hydrogens (tertiary/aromatic N) is 5. The minimum Gasteiger partial charge on any atom is -0.492 e. The highest BCUT2D eigenvalue weighted by atomic mass is 16.5. The van der Waals surface area contributed by atoms with Gasteiger partial charge in [-0.25, -0.2) is 5.01 Å². The number of carbonyl (C=O) groups excluding carboxylic acids is 1. The fourth-order valence-electron chi connectivity index (χ4n) is 3.45. The number of hydrogen-bond donors (Lipinski definition) is 0. The highest BCUT2D eigenvalue weighted by molar-refractivity contribution is 5.72. The molecule has 0 saturated carbocycles. The van der Waals surface area contributed by atoms with Crippen LogP contribution in [-0.2, 0) is 11.8 Å². The van der Waals surface area contributed by atoms with Crippen LogP contribution in [0.2, 0.25) is 0 Å². The van der Waals surface area contributed by atoms with Crippen LogP contribution in [0.1, 0.15) is 13.3 Å². The van der Waals surface area contributed by atoms with Crippen LogP contribution in [0.3, 0.4) is 0 Å². The van der Waals surface area contributed by atoms with E-state index in [4.69, 9.17) is 4.74 Å². The first-order valence-corrected chi connectivity index (χ1v) is 9.35. The van der Waals surface area contributed by atoms with Crippen LogP contribution in [0.25, 0.3) is 11.1 Å². The molecule has 2 aromatic rings. The Morgan fingerprint density at radius 3 is 2.78 bits per heavy atom. The summed E-state index contributed by atoms with van der Waals surface area (Å²) in [5.41, 5.74) is 2.12. The summed E-state index contributed by atoms with van der Waals surface area (Å²) < 4.78 is 7.71. The fourth-order valence-corrected chi connectivity index (χ4v) is 3.45. The average molecular weight is 371 g/mol. The molecule has 1 aliphatic rings. The molecule has 27 heavy (non-hydrogen) atoms. The van der Waals surface area contributed by atoms with Crippen LogP contribution in [0, 0.1) is 0 Å². The zero-order chi connectivity index (χ0) is 19.4. The van der Waals surface area contributed by atoms with Gasteiger partial charge in [0.2, 0.25) is 5.91 Å². The number of benzene rings is 1. The molecule has 146 valence electrons. The highest BCUT2D eigenvalue weighted by Crippen LogP contribution is 2.23. The van der Waals surface area contributed by atoms with Gasteiger partial charge in [0.1, 0.15) is 12.4 Å². The third-order valence-corrected chi connectivity index (χ3v) is 5.02. The third kappa shape index (κ3) is 4.87. The molecule has 3 rings (SSSR count). The Kier molecular flexibility index (Phi) is 6.13. The Hall–Kier alpha value is -2.38. The second-order valence-electron chi connectivity index (χ2n) is 7.24. The van der Waals surface area contributed by atoms with Crippen molar-refractivity contribution in [2.75, 3.05) is 40.3 Å². The van der Waals surface area contributed by atoms with E-state index in [1.807, 2.05) is 48.7 Å². The van der Waals surface area contributed by atoms with Crippen molar-refractivity contribution in [1.29, 1.82) is 0 Å². The van der Waals surface area contributed by atoms with Crippen molar-refractivity contribution in [3.05, 3.63) is 36.7 Å². The highest BCUT2D eigenvalue weighted by Gasteiger charge is 2.29. The molecule has 1 amide bonds. The second kappa shape index (κ2) is 8.54. The van der Waals surface area contributed by atoms with E-state index in [2.05, 4.69) is 29.1 Å². The number of carbonyl (C=O) groups is 1. The summed E-state index contributed by atoms with van der Waals surface area (Å²) in [5.74, 6) is 0.856. The first-order chi connectivity index (χ1) is 12.9. The molecule has 1 unspecified atom stereocenters. The molecular weight excluding hydrogens is 342 g/mol. The molecule has 0 aliphatic carbocycles. The molecule has 0 spiro atoms. The van der Waals surface area contributed by atoms with Gasteiger partial charge in [-0.05, 0) is 38.2 Å². The molecular formula is C20H29N5O2. The average Bonchev–Trinajstić information content (AvgIpc) is 3.28. The molecule has 7 nitrogen and oxygen atoms in total. The molecule has 2 heterocycles. The number of aryl methyl sites for hydroxylation is 1. The SMILES string of the molecule is CC(=O)N(CCOc1cccc(-c2cnn(C)c2)c1)N1CCC(N(C)C)C1. The van der Waals surface area contributed by atoms with E-state index >= 15 is 0 Å². The number of amides is 1. The van der Waals surface area contributed by atoms with Gasteiger partial charge >= 0.3 is 0 Å². The van der Waals surface area contributed by atoms with Gasteiger partial charge in [-0.2, -0.15) is 5.10 Å². The zero-order valence-electron chi connectivity index (χ0n) is 16.6. The van der Waals surface area contributed by atoms with Crippen molar-refractivity contribution < 1.29 is 9.53 Å². The van der Waals surface area contributed by atoms with Gasteiger partial charge in [-0.3, -0.25) is 14.5 Å². The minimum absolute atomic E-state index is 0.0575. The summed E-state index contributed by atoms with van der Waals surface area (Å²) >= 11 is 0. The summed E-state index contributed by atoms with van der Waals surface area (Å²) in [6, 6.07) is 8.45. The van der Waals surface area contributed by atoms with Crippen molar-refractivity contribution in [3.63, 3.8) is 0 Å². The maximum atomic E-state index is 12.1. The summed E-state index contributed by atoms with van der Waals surface area (Å²) in [7, 11) is 6.08. The third-order valence-electron chi connectivity index (χ3n) is 5.02. The van der Waals surface area contributed by atoms with Crippen molar-refractivity contribution in [3.8, 4) is 16.9 Å². The van der Waals surface area contributed by atoms with E-state index < -0.39 is 0 Å². The van der Waals surface area contributed by atoms with Crippen molar-refractivity contribution >= 4 is 5.91 Å². The van der Waals surface area contributed by atoms with Crippen LogP contribution >= 0.6 is 0 Å². The predicted molar refractivity (Wildman–Crippen MR) is 105 cm³/mol. The van der Waals surface area contributed by atoms with Crippen molar-refractivity contribution in [1.82, 2.24) is 24.7 Å². The van der Waals surface area contributed by atoms with Gasteiger partial charge in [-0.15, -0.1) is 0 Å². The van der Waals surface area contributed by atoms with Gasteiger partial charge < -0.3 is 9.64 Å². The molecule has 1 saturated heterocycles. The number of hydrazine groups is 1. The largest absolute Gasteiger partial charge is 0.492 e. The number of likely N-dealkylation sites (N-methyl/N-ethyl adjacent to an activating group) is 1. The lowest BCUT2D eigenvalue weighted by Crippen LogP contribution is -2.47. The number of aromatic nitrogens is 2. The van der Waals surface area contributed by atoms with E-state index in [-0.39, 0.29) is 5.91 Å². The monoisotopic (exact) mass is 371 g/mol. The summed E-state index contributed by atoms with van der Waals surface area (Å²) in [6.45, 7) is 4.40. The maximum Gasteiger partial charge on any atom is 0.233 e. The smallest absolute Gasteiger partial charge is 0.233 e. The van der Waals surface area contributed by atoms with Crippen molar-refractivity contribution in [2.24, 2.45) is 7.05 Å². The lowest BCUT2D eigenvalue weighted by Gasteiger charge is -2.31. The molecule has 1 aromatic heterocycles. The topological polar surface area (TPSA) is 53.8 Å². The zero-order valence-corrected chi connectivity index (χ0v) is 16.6. The molecule has 0 N–H and O–H groups in total. The van der Waals surface area contributed by atoms with E-state index in [1.165, 1.54) is 0 Å². The van der Waals surface area contributed by atoms with E-state index in [0.717, 1.165) is 36.4 Å². The second-order valence-corrected chi connectivity index (χ2v) is 7.24. The van der Waals surface area contributed by atoms with Crippen LogP contribution in [0.4, 0.5) is 0 Å². The van der Waals surface area contributed by atoms with Crippen molar-refractivity contribution in [2.45, 2.75) is 19.4 Å². The molecule has 0 bridgehead atoms. The lowest BCUT2D eigenvalue weighted by molar-refractivity contribution is -0.145. The van der Waals surface area contributed by atoms with E-state index in [0.29, 0.717) is 19.2 Å². The van der Waals surface area contributed by atoms with Crippen LogP contribution in [0.5, 0.6) is 5.75 Å². The fraction of sp³-hybridized carbons (Fsp3) is 0.500. The van der Waals surface area contributed by atoms with Gasteiger partial charge in [0.05, 0.1) is 12.7 Å². The molecule has 1 fully saturated rings. The first-order valence-electron chi connectivity index (χ1n) is 9.35. The van der Waals surface area contributed by atoms with E-state index in [9.17, 15) is 4.79 Å².